The van der Waals surface area contributed by atoms with Crippen LogP contribution in [0.1, 0.15) is 59.6 Å². The summed E-state index contributed by atoms with van der Waals surface area (Å²) >= 11 is 0. The van der Waals surface area contributed by atoms with Crippen molar-refractivity contribution in [3.8, 4) is 0 Å². The summed E-state index contributed by atoms with van der Waals surface area (Å²) in [5, 5.41) is 0. The molecular formula is C17H29NO. The fourth-order valence-electron chi connectivity index (χ4n) is 1.06. The molecule has 0 bridgehead atoms. The first-order chi connectivity index (χ1) is 9.20. The van der Waals surface area contributed by atoms with Gasteiger partial charge in [0.15, 0.2) is 0 Å². The van der Waals surface area contributed by atoms with E-state index in [4.69, 9.17) is 0 Å². The van der Waals surface area contributed by atoms with E-state index in [1.807, 2.05) is 39.1 Å². The Balaban J connectivity index is 0. The van der Waals surface area contributed by atoms with Crippen LogP contribution in [0.4, 0.5) is 0 Å². The number of carbonyl (C=O) groups excluding carboxylic acids is 1. The maximum atomic E-state index is 9.81. The first kappa shape index (κ1) is 19.9. The van der Waals surface area contributed by atoms with Crippen molar-refractivity contribution in [2.45, 2.75) is 60.3 Å². The number of Topliss-reactive ketones (excluding diaryl/α,β-unsaturated/α-hetero) is 1. The Labute approximate surface area is 119 Å². The zero-order valence-corrected chi connectivity index (χ0v) is 13.1. The molecule has 1 aromatic heterocycles. The first-order valence-electron chi connectivity index (χ1n) is 7.25. The Bertz CT molecular complexity index is 317. The third-order valence-electron chi connectivity index (χ3n) is 2.19. The van der Waals surface area contributed by atoms with E-state index in [2.05, 4.69) is 30.1 Å². The van der Waals surface area contributed by atoms with Crippen LogP contribution >= 0.6 is 0 Å². The second-order valence-corrected chi connectivity index (χ2v) is 3.79. The van der Waals surface area contributed by atoms with E-state index in [9.17, 15) is 4.79 Å². The monoisotopic (exact) mass is 263 g/mol. The Hall–Kier alpha value is -1.44. The summed E-state index contributed by atoms with van der Waals surface area (Å²) < 4.78 is 0. The molecule has 1 aromatic rings. The lowest BCUT2D eigenvalue weighted by atomic mass is 10.2. The third kappa shape index (κ3) is 16.6. The fourth-order valence-corrected chi connectivity index (χ4v) is 1.06. The molecule has 2 nitrogen and oxygen atoms in total. The highest BCUT2D eigenvalue weighted by molar-refractivity contribution is 5.74. The maximum absolute atomic E-state index is 9.81. The van der Waals surface area contributed by atoms with E-state index in [1.165, 1.54) is 5.69 Å². The highest BCUT2D eigenvalue weighted by Gasteiger charge is 1.88. The highest BCUT2D eigenvalue weighted by atomic mass is 16.1. The minimum Gasteiger partial charge on any atom is -0.300 e. The Morgan fingerprint density at radius 2 is 1.84 bits per heavy atom. The van der Waals surface area contributed by atoms with Crippen LogP contribution in [0.2, 0.25) is 0 Å². The van der Waals surface area contributed by atoms with Gasteiger partial charge in [0.2, 0.25) is 0 Å². The summed E-state index contributed by atoms with van der Waals surface area (Å²) in [5.74, 6) is 0.255. The van der Waals surface area contributed by atoms with Gasteiger partial charge in [-0.3, -0.25) is 4.98 Å². The molecule has 0 spiro atoms. The number of allylic oxidation sites excluding steroid dienone is 2. The molecule has 1 rings (SSSR count). The van der Waals surface area contributed by atoms with E-state index in [-0.39, 0.29) is 5.78 Å². The van der Waals surface area contributed by atoms with Gasteiger partial charge in [0, 0.05) is 18.3 Å². The average molecular weight is 263 g/mol. The second-order valence-electron chi connectivity index (χ2n) is 3.79. The van der Waals surface area contributed by atoms with Crippen molar-refractivity contribution in [1.29, 1.82) is 0 Å². The SMILES string of the molecule is CC.CCC(C)=O.CCC=CCCc1ccccn1. The van der Waals surface area contributed by atoms with Crippen LogP contribution in [0.25, 0.3) is 0 Å². The van der Waals surface area contributed by atoms with Gasteiger partial charge in [0.05, 0.1) is 0 Å². The Morgan fingerprint density at radius 3 is 2.26 bits per heavy atom. The molecule has 19 heavy (non-hydrogen) atoms. The number of rotatable bonds is 5. The summed E-state index contributed by atoms with van der Waals surface area (Å²) in [7, 11) is 0. The highest BCUT2D eigenvalue weighted by Crippen LogP contribution is 1.99. The predicted molar refractivity (Wildman–Crippen MR) is 84.3 cm³/mol. The van der Waals surface area contributed by atoms with Crippen molar-refractivity contribution in [3.05, 3.63) is 42.2 Å². The quantitative estimate of drug-likeness (QED) is 0.700. The molecule has 0 unspecified atom stereocenters. The van der Waals surface area contributed by atoms with Crippen LogP contribution in [0.3, 0.4) is 0 Å². The molecule has 0 atom stereocenters. The van der Waals surface area contributed by atoms with Crippen molar-refractivity contribution in [2.24, 2.45) is 0 Å². The Kier molecular flexibility index (Phi) is 17.3. The summed E-state index contributed by atoms with van der Waals surface area (Å²) in [5.41, 5.74) is 1.18. The van der Waals surface area contributed by atoms with Gasteiger partial charge < -0.3 is 4.79 Å². The minimum atomic E-state index is 0.255. The molecular weight excluding hydrogens is 234 g/mol. The van der Waals surface area contributed by atoms with Crippen molar-refractivity contribution >= 4 is 5.78 Å². The molecule has 0 saturated carbocycles. The summed E-state index contributed by atoms with van der Waals surface area (Å²) in [6.45, 7) is 9.58. The van der Waals surface area contributed by atoms with E-state index in [1.54, 1.807) is 6.92 Å². The molecule has 0 amide bonds. The number of aryl methyl sites for hydroxylation is 1. The topological polar surface area (TPSA) is 30.0 Å². The molecule has 0 fully saturated rings. The summed E-state index contributed by atoms with van der Waals surface area (Å²) in [6.07, 6.45) is 10.2. The van der Waals surface area contributed by atoms with Gasteiger partial charge in [0.1, 0.15) is 5.78 Å². The normalized spacial score (nSPS) is 9.11. The van der Waals surface area contributed by atoms with Crippen LogP contribution in [-0.4, -0.2) is 10.8 Å². The molecule has 2 heteroatoms. The van der Waals surface area contributed by atoms with Crippen LogP contribution in [-0.2, 0) is 11.2 Å². The molecule has 0 saturated heterocycles. The van der Waals surface area contributed by atoms with Gasteiger partial charge in [-0.25, -0.2) is 0 Å². The largest absolute Gasteiger partial charge is 0.300 e. The molecule has 0 aromatic carbocycles. The zero-order chi connectivity index (χ0) is 14.9. The fraction of sp³-hybridized carbons (Fsp3) is 0.529. The van der Waals surface area contributed by atoms with Crippen LogP contribution in [0, 0.1) is 0 Å². The molecule has 0 aliphatic heterocycles. The van der Waals surface area contributed by atoms with Gasteiger partial charge in [-0.1, -0.05) is 45.9 Å². The molecule has 0 radical (unpaired) electrons. The van der Waals surface area contributed by atoms with E-state index >= 15 is 0 Å². The number of pyridine rings is 1. The second kappa shape index (κ2) is 16.6. The summed E-state index contributed by atoms with van der Waals surface area (Å²) in [6, 6.07) is 6.05. The lowest BCUT2D eigenvalue weighted by molar-refractivity contribution is -0.116. The number of hydrogen-bond donors (Lipinski definition) is 0. The van der Waals surface area contributed by atoms with Gasteiger partial charge in [-0.2, -0.15) is 0 Å². The molecule has 0 aliphatic carbocycles. The van der Waals surface area contributed by atoms with E-state index < -0.39 is 0 Å². The van der Waals surface area contributed by atoms with E-state index in [0.29, 0.717) is 6.42 Å². The lowest BCUT2D eigenvalue weighted by Crippen LogP contribution is -1.86. The molecule has 1 heterocycles. The lowest BCUT2D eigenvalue weighted by Gasteiger charge is -1.94. The Morgan fingerprint density at radius 1 is 1.21 bits per heavy atom. The molecule has 0 aliphatic rings. The van der Waals surface area contributed by atoms with Crippen molar-refractivity contribution in [1.82, 2.24) is 4.98 Å². The van der Waals surface area contributed by atoms with Crippen LogP contribution in [0.15, 0.2) is 36.5 Å². The number of carbonyl (C=O) groups is 1. The number of aromatic nitrogens is 1. The molecule has 108 valence electrons. The number of hydrogen-bond acceptors (Lipinski definition) is 2. The first-order valence-corrected chi connectivity index (χ1v) is 7.25. The van der Waals surface area contributed by atoms with Gasteiger partial charge in [-0.05, 0) is 38.3 Å². The van der Waals surface area contributed by atoms with Gasteiger partial charge in [-0.15, -0.1) is 0 Å². The zero-order valence-electron chi connectivity index (χ0n) is 13.1. The predicted octanol–water partition coefficient (Wildman–Crippen LogP) is 4.99. The smallest absolute Gasteiger partial charge is 0.129 e. The maximum Gasteiger partial charge on any atom is 0.129 e. The number of ketones is 1. The van der Waals surface area contributed by atoms with Gasteiger partial charge >= 0.3 is 0 Å². The third-order valence-corrected chi connectivity index (χ3v) is 2.19. The summed E-state index contributed by atoms with van der Waals surface area (Å²) in [4.78, 5) is 14.1. The van der Waals surface area contributed by atoms with Crippen molar-refractivity contribution in [3.63, 3.8) is 0 Å². The minimum absolute atomic E-state index is 0.255. The van der Waals surface area contributed by atoms with Crippen LogP contribution in [0.5, 0.6) is 0 Å². The van der Waals surface area contributed by atoms with Crippen molar-refractivity contribution < 1.29 is 4.79 Å². The standard InChI is InChI=1S/C11H15N.C4H8O.C2H6/c1-2-3-4-5-8-11-9-6-7-10-12-11;1-3-4(2)5;1-2/h3-4,6-7,9-10H,2,5,8H2,1H3;3H2,1-2H3;1-2H3. The molecule has 0 N–H and O–H groups in total. The van der Waals surface area contributed by atoms with Crippen molar-refractivity contribution in [2.75, 3.05) is 0 Å². The number of nitrogens with zero attached hydrogens (tertiary/aromatic N) is 1. The van der Waals surface area contributed by atoms with E-state index in [0.717, 1.165) is 19.3 Å². The average Bonchev–Trinajstić information content (AvgIpc) is 2.47. The van der Waals surface area contributed by atoms with Crippen LogP contribution < -0.4 is 0 Å². The van der Waals surface area contributed by atoms with Gasteiger partial charge in [0.25, 0.3) is 0 Å².